The number of benzene rings is 2. The zero-order valence-corrected chi connectivity index (χ0v) is 16.1. The van der Waals surface area contributed by atoms with Gasteiger partial charge in [0.2, 0.25) is 0 Å². The molecule has 2 N–H and O–H groups in total. The summed E-state index contributed by atoms with van der Waals surface area (Å²) in [6.45, 7) is 3.22. The predicted molar refractivity (Wildman–Crippen MR) is 111 cm³/mol. The molecule has 140 valence electrons. The van der Waals surface area contributed by atoms with E-state index < -0.39 is 0 Å². The third-order valence-corrected chi connectivity index (χ3v) is 4.71. The van der Waals surface area contributed by atoms with Crippen molar-refractivity contribution in [2.24, 2.45) is 0 Å². The maximum atomic E-state index is 12.0. The Kier molecular flexibility index (Phi) is 6.82. The summed E-state index contributed by atoms with van der Waals surface area (Å²) in [6.07, 6.45) is 1.84. The Morgan fingerprint density at radius 2 is 1.89 bits per heavy atom. The number of aromatic nitrogens is 1. The third kappa shape index (κ3) is 5.82. The van der Waals surface area contributed by atoms with Gasteiger partial charge in [0.15, 0.2) is 5.13 Å². The number of amides is 2. The number of ether oxygens (including phenoxy) is 1. The van der Waals surface area contributed by atoms with Crippen LogP contribution in [-0.4, -0.2) is 24.2 Å². The third-order valence-electron chi connectivity index (χ3n) is 3.96. The van der Waals surface area contributed by atoms with Gasteiger partial charge >= 0.3 is 6.03 Å². The van der Waals surface area contributed by atoms with Gasteiger partial charge in [-0.15, -0.1) is 11.3 Å². The molecule has 3 rings (SSSR count). The van der Waals surface area contributed by atoms with E-state index in [2.05, 4.69) is 27.8 Å². The second-order valence-corrected chi connectivity index (χ2v) is 6.82. The van der Waals surface area contributed by atoms with Gasteiger partial charge in [-0.1, -0.05) is 30.3 Å². The van der Waals surface area contributed by atoms with E-state index in [1.807, 2.05) is 54.8 Å². The van der Waals surface area contributed by atoms with E-state index in [-0.39, 0.29) is 6.03 Å². The van der Waals surface area contributed by atoms with Gasteiger partial charge in [-0.05, 0) is 49.6 Å². The van der Waals surface area contributed by atoms with Crippen LogP contribution in [0.1, 0.15) is 18.9 Å². The summed E-state index contributed by atoms with van der Waals surface area (Å²) in [5.74, 6) is 0.838. The van der Waals surface area contributed by atoms with E-state index in [0.717, 1.165) is 29.8 Å². The smallest absolute Gasteiger partial charge is 0.321 e. The van der Waals surface area contributed by atoms with Crippen LogP contribution >= 0.6 is 11.3 Å². The van der Waals surface area contributed by atoms with Crippen molar-refractivity contribution in [2.45, 2.75) is 19.8 Å². The summed E-state index contributed by atoms with van der Waals surface area (Å²) in [5, 5.41) is 8.18. The molecule has 2 amide bonds. The fourth-order valence-electron chi connectivity index (χ4n) is 2.63. The van der Waals surface area contributed by atoms with Gasteiger partial charge in [0.25, 0.3) is 0 Å². The highest BCUT2D eigenvalue weighted by molar-refractivity contribution is 7.14. The van der Waals surface area contributed by atoms with Crippen molar-refractivity contribution in [1.82, 2.24) is 10.3 Å². The summed E-state index contributed by atoms with van der Waals surface area (Å²) in [6, 6.07) is 17.8. The van der Waals surface area contributed by atoms with Gasteiger partial charge in [0, 0.05) is 17.5 Å². The highest BCUT2D eigenvalue weighted by atomic mass is 32.1. The van der Waals surface area contributed by atoms with E-state index in [1.54, 1.807) is 0 Å². The lowest BCUT2D eigenvalue weighted by atomic mass is 10.1. The molecule has 0 unspecified atom stereocenters. The highest BCUT2D eigenvalue weighted by Gasteiger charge is 2.08. The molecule has 0 spiro atoms. The minimum absolute atomic E-state index is 0.226. The quantitative estimate of drug-likeness (QED) is 0.542. The lowest BCUT2D eigenvalue weighted by molar-refractivity contribution is 0.252. The zero-order chi connectivity index (χ0) is 18.9. The molecule has 0 aliphatic heterocycles. The molecular weight excluding hydrogens is 358 g/mol. The molecule has 0 aliphatic carbocycles. The average molecular weight is 382 g/mol. The van der Waals surface area contributed by atoms with Crippen molar-refractivity contribution in [2.75, 3.05) is 18.5 Å². The predicted octanol–water partition coefficient (Wildman–Crippen LogP) is 4.96. The highest BCUT2D eigenvalue weighted by Crippen LogP contribution is 2.26. The first-order chi connectivity index (χ1) is 13.2. The van der Waals surface area contributed by atoms with Crippen LogP contribution in [0.4, 0.5) is 9.93 Å². The van der Waals surface area contributed by atoms with E-state index >= 15 is 0 Å². The van der Waals surface area contributed by atoms with E-state index in [0.29, 0.717) is 18.3 Å². The van der Waals surface area contributed by atoms with Gasteiger partial charge in [0.05, 0.1) is 12.3 Å². The van der Waals surface area contributed by atoms with E-state index in [1.165, 1.54) is 16.9 Å². The van der Waals surface area contributed by atoms with Crippen molar-refractivity contribution in [3.05, 3.63) is 65.5 Å². The molecule has 0 saturated carbocycles. The molecule has 1 heterocycles. The number of thiazole rings is 1. The molecule has 0 atom stereocenters. The van der Waals surface area contributed by atoms with Crippen LogP contribution < -0.4 is 15.4 Å². The Hall–Kier alpha value is -2.86. The topological polar surface area (TPSA) is 63.2 Å². The fourth-order valence-corrected chi connectivity index (χ4v) is 3.35. The molecule has 0 bridgehead atoms. The second-order valence-electron chi connectivity index (χ2n) is 5.97. The van der Waals surface area contributed by atoms with Crippen molar-refractivity contribution >= 4 is 22.5 Å². The fraction of sp³-hybridized carbons (Fsp3) is 0.238. The number of nitrogens with one attached hydrogen (secondary N) is 2. The van der Waals surface area contributed by atoms with Crippen LogP contribution in [0.5, 0.6) is 5.75 Å². The summed E-state index contributed by atoms with van der Waals surface area (Å²) in [7, 11) is 0. The number of hydrogen-bond donors (Lipinski definition) is 2. The van der Waals surface area contributed by atoms with Gasteiger partial charge in [0.1, 0.15) is 5.75 Å². The zero-order valence-electron chi connectivity index (χ0n) is 15.3. The lowest BCUT2D eigenvalue weighted by Crippen LogP contribution is -2.29. The SMILES string of the molecule is CCOc1ccc(-c2csc(NC(=O)NCCCc3ccccc3)n2)cc1. The van der Waals surface area contributed by atoms with Crippen LogP contribution in [-0.2, 0) is 6.42 Å². The molecule has 2 aromatic carbocycles. The molecule has 0 fully saturated rings. The van der Waals surface area contributed by atoms with E-state index in [9.17, 15) is 4.79 Å². The van der Waals surface area contributed by atoms with Crippen molar-refractivity contribution in [3.8, 4) is 17.0 Å². The standard InChI is InChI=1S/C21H23N3O2S/c1-2-26-18-12-10-17(11-13-18)19-15-27-21(23-19)24-20(25)22-14-6-9-16-7-4-3-5-8-16/h3-5,7-8,10-13,15H,2,6,9,14H2,1H3,(H2,22,23,24,25). The van der Waals surface area contributed by atoms with Gasteiger partial charge in [-0.2, -0.15) is 0 Å². The lowest BCUT2D eigenvalue weighted by Gasteiger charge is -2.05. The Bertz CT molecular complexity index is 847. The molecule has 1 aromatic heterocycles. The molecule has 5 nitrogen and oxygen atoms in total. The number of nitrogens with zero attached hydrogens (tertiary/aromatic N) is 1. The van der Waals surface area contributed by atoms with Crippen molar-refractivity contribution < 1.29 is 9.53 Å². The Morgan fingerprint density at radius 3 is 2.63 bits per heavy atom. The van der Waals surface area contributed by atoms with Gasteiger partial charge in [-0.3, -0.25) is 5.32 Å². The summed E-state index contributed by atoms with van der Waals surface area (Å²) < 4.78 is 5.45. The molecule has 3 aromatic rings. The van der Waals surface area contributed by atoms with E-state index in [4.69, 9.17) is 4.74 Å². The van der Waals surface area contributed by atoms with Crippen LogP contribution in [0.25, 0.3) is 11.3 Å². The Labute approximate surface area is 163 Å². The van der Waals surface area contributed by atoms with Gasteiger partial charge in [-0.25, -0.2) is 9.78 Å². The molecule has 27 heavy (non-hydrogen) atoms. The van der Waals surface area contributed by atoms with Crippen LogP contribution in [0.2, 0.25) is 0 Å². The number of aryl methyl sites for hydroxylation is 1. The second kappa shape index (κ2) is 9.73. The molecule has 6 heteroatoms. The van der Waals surface area contributed by atoms with Crippen LogP contribution in [0.3, 0.4) is 0 Å². The maximum Gasteiger partial charge on any atom is 0.321 e. The molecule has 0 aliphatic rings. The molecular formula is C21H23N3O2S. The summed E-state index contributed by atoms with van der Waals surface area (Å²) in [4.78, 5) is 16.5. The van der Waals surface area contributed by atoms with Gasteiger partial charge < -0.3 is 10.1 Å². The normalized spacial score (nSPS) is 10.4. The molecule has 0 radical (unpaired) electrons. The minimum Gasteiger partial charge on any atom is -0.494 e. The first-order valence-corrected chi connectivity index (χ1v) is 9.90. The number of anilines is 1. The number of hydrogen-bond acceptors (Lipinski definition) is 4. The Balaban J connectivity index is 1.44. The van der Waals surface area contributed by atoms with Crippen molar-refractivity contribution in [3.63, 3.8) is 0 Å². The Morgan fingerprint density at radius 1 is 1.11 bits per heavy atom. The first-order valence-electron chi connectivity index (χ1n) is 9.02. The average Bonchev–Trinajstić information content (AvgIpc) is 3.15. The summed E-state index contributed by atoms with van der Waals surface area (Å²) >= 11 is 1.41. The monoisotopic (exact) mass is 381 g/mol. The maximum absolute atomic E-state index is 12.0. The number of urea groups is 1. The molecule has 0 saturated heterocycles. The minimum atomic E-state index is -0.226. The first kappa shape index (κ1) is 18.9. The number of carbonyl (C=O) groups excluding carboxylic acids is 1. The number of rotatable bonds is 8. The van der Waals surface area contributed by atoms with Crippen LogP contribution in [0, 0.1) is 0 Å². The van der Waals surface area contributed by atoms with Crippen molar-refractivity contribution in [1.29, 1.82) is 0 Å². The van der Waals surface area contributed by atoms with Crippen LogP contribution in [0.15, 0.2) is 60.0 Å². The summed E-state index contributed by atoms with van der Waals surface area (Å²) in [5.41, 5.74) is 3.10. The number of carbonyl (C=O) groups is 1. The largest absolute Gasteiger partial charge is 0.494 e.